The number of rotatable bonds is 2. The summed E-state index contributed by atoms with van der Waals surface area (Å²) in [6.45, 7) is 10.5. The second kappa shape index (κ2) is 6.77. The topological polar surface area (TPSA) is 55.6 Å². The molecule has 22 heavy (non-hydrogen) atoms. The minimum Gasteiger partial charge on any atom is -0.444 e. The van der Waals surface area contributed by atoms with Crippen LogP contribution in [0.3, 0.4) is 0 Å². The molecule has 1 amide bonds. The van der Waals surface area contributed by atoms with Crippen molar-refractivity contribution >= 4 is 6.09 Å². The van der Waals surface area contributed by atoms with Gasteiger partial charge in [-0.05, 0) is 63.8 Å². The van der Waals surface area contributed by atoms with Crippen molar-refractivity contribution in [1.29, 1.82) is 0 Å². The molecule has 0 aromatic carbocycles. The number of hydrogen-bond acceptors (Lipinski definition) is 3. The summed E-state index contributed by atoms with van der Waals surface area (Å²) in [4.78, 5) is 14.2. The summed E-state index contributed by atoms with van der Waals surface area (Å²) in [5.41, 5.74) is 6.10. The maximum Gasteiger partial charge on any atom is 0.410 e. The second-order valence-electron chi connectivity index (χ2n) is 8.43. The van der Waals surface area contributed by atoms with Crippen LogP contribution in [-0.2, 0) is 4.74 Å². The van der Waals surface area contributed by atoms with E-state index in [1.165, 1.54) is 32.1 Å². The van der Waals surface area contributed by atoms with Crippen molar-refractivity contribution in [3.8, 4) is 0 Å². The molecule has 2 fully saturated rings. The van der Waals surface area contributed by atoms with Gasteiger partial charge in [0.05, 0.1) is 0 Å². The summed E-state index contributed by atoms with van der Waals surface area (Å²) >= 11 is 0. The molecule has 4 nitrogen and oxygen atoms in total. The van der Waals surface area contributed by atoms with Crippen LogP contribution in [0.2, 0.25) is 0 Å². The molecule has 2 rings (SSSR count). The average molecular weight is 310 g/mol. The van der Waals surface area contributed by atoms with Gasteiger partial charge in [0.1, 0.15) is 5.60 Å². The van der Waals surface area contributed by atoms with E-state index in [0.717, 1.165) is 26.1 Å². The number of carbonyl (C=O) groups is 1. The molecule has 1 aliphatic heterocycles. The molecule has 4 heteroatoms. The number of hydrogen-bond donors (Lipinski definition) is 1. The number of nitrogens with zero attached hydrogens (tertiary/aromatic N) is 1. The normalized spacial score (nSPS) is 29.2. The Kier molecular flexibility index (Phi) is 5.41. The van der Waals surface area contributed by atoms with Gasteiger partial charge in [-0.3, -0.25) is 0 Å². The van der Waals surface area contributed by atoms with E-state index in [1.54, 1.807) is 0 Å². The van der Waals surface area contributed by atoms with E-state index in [1.807, 2.05) is 25.7 Å². The quantitative estimate of drug-likeness (QED) is 0.844. The maximum absolute atomic E-state index is 12.3. The highest BCUT2D eigenvalue weighted by atomic mass is 16.6. The van der Waals surface area contributed by atoms with Gasteiger partial charge in [-0.15, -0.1) is 0 Å². The average Bonchev–Trinajstić information content (AvgIpc) is 2.46. The maximum atomic E-state index is 12.3. The van der Waals surface area contributed by atoms with Crippen LogP contribution in [-0.4, -0.2) is 36.2 Å². The van der Waals surface area contributed by atoms with Gasteiger partial charge in [0, 0.05) is 13.1 Å². The zero-order chi connectivity index (χ0) is 16.4. The molecule has 1 saturated heterocycles. The molecule has 2 aliphatic rings. The van der Waals surface area contributed by atoms with E-state index in [4.69, 9.17) is 10.5 Å². The fourth-order valence-electron chi connectivity index (χ4n) is 4.53. The van der Waals surface area contributed by atoms with E-state index in [-0.39, 0.29) is 6.09 Å². The number of amides is 1. The molecule has 2 atom stereocenters. The summed E-state index contributed by atoms with van der Waals surface area (Å²) in [6.07, 6.45) is 7.43. The van der Waals surface area contributed by atoms with Gasteiger partial charge in [0.2, 0.25) is 0 Å². The summed E-state index contributed by atoms with van der Waals surface area (Å²) < 4.78 is 5.52. The Morgan fingerprint density at radius 3 is 2.41 bits per heavy atom. The van der Waals surface area contributed by atoms with E-state index < -0.39 is 5.60 Å². The van der Waals surface area contributed by atoms with Gasteiger partial charge in [-0.1, -0.05) is 26.2 Å². The smallest absolute Gasteiger partial charge is 0.410 e. The lowest BCUT2D eigenvalue weighted by atomic mass is 9.60. The standard InChI is InChI=1S/C18H34N2O2/c1-14-12-20(16(21)22-17(2,3)4)11-8-15(14)18(13-19)9-6-5-7-10-18/h14-15H,5-13,19H2,1-4H3. The Hall–Kier alpha value is -0.770. The van der Waals surface area contributed by atoms with Crippen LogP contribution < -0.4 is 5.73 Å². The van der Waals surface area contributed by atoms with Gasteiger partial charge in [-0.25, -0.2) is 4.79 Å². The first-order valence-corrected chi connectivity index (χ1v) is 8.95. The molecular formula is C18H34N2O2. The largest absolute Gasteiger partial charge is 0.444 e. The van der Waals surface area contributed by atoms with Crippen LogP contribution in [0.15, 0.2) is 0 Å². The third-order valence-electron chi connectivity index (χ3n) is 5.60. The minimum atomic E-state index is -0.418. The molecular weight excluding hydrogens is 276 g/mol. The van der Waals surface area contributed by atoms with Crippen molar-refractivity contribution in [2.24, 2.45) is 23.0 Å². The molecule has 1 aliphatic carbocycles. The Morgan fingerprint density at radius 2 is 1.91 bits per heavy atom. The van der Waals surface area contributed by atoms with Gasteiger partial charge in [0.15, 0.2) is 0 Å². The van der Waals surface area contributed by atoms with Crippen LogP contribution >= 0.6 is 0 Å². The Morgan fingerprint density at radius 1 is 1.27 bits per heavy atom. The number of carbonyl (C=O) groups excluding carboxylic acids is 1. The Balaban J connectivity index is 1.99. The SMILES string of the molecule is CC1CN(C(=O)OC(C)(C)C)CCC1C1(CN)CCCCC1. The lowest BCUT2D eigenvalue weighted by Gasteiger charge is -2.49. The van der Waals surface area contributed by atoms with E-state index >= 15 is 0 Å². The highest BCUT2D eigenvalue weighted by Gasteiger charge is 2.44. The van der Waals surface area contributed by atoms with Crippen LogP contribution in [0.1, 0.15) is 66.2 Å². The second-order valence-corrected chi connectivity index (χ2v) is 8.43. The van der Waals surface area contributed by atoms with Crippen LogP contribution in [0.5, 0.6) is 0 Å². The first-order valence-electron chi connectivity index (χ1n) is 8.95. The van der Waals surface area contributed by atoms with Crippen LogP contribution in [0.25, 0.3) is 0 Å². The zero-order valence-electron chi connectivity index (χ0n) is 14.9. The van der Waals surface area contributed by atoms with Crippen molar-refractivity contribution in [2.75, 3.05) is 19.6 Å². The third-order valence-corrected chi connectivity index (χ3v) is 5.60. The van der Waals surface area contributed by atoms with Gasteiger partial charge < -0.3 is 15.4 Å². The van der Waals surface area contributed by atoms with Crippen molar-refractivity contribution in [1.82, 2.24) is 4.90 Å². The first kappa shape index (κ1) is 17.6. The molecule has 1 heterocycles. The van der Waals surface area contributed by atoms with Crippen molar-refractivity contribution < 1.29 is 9.53 Å². The first-order chi connectivity index (χ1) is 10.3. The monoisotopic (exact) mass is 310 g/mol. The van der Waals surface area contributed by atoms with Crippen LogP contribution in [0.4, 0.5) is 4.79 Å². The zero-order valence-corrected chi connectivity index (χ0v) is 14.9. The van der Waals surface area contributed by atoms with Crippen LogP contribution in [0, 0.1) is 17.3 Å². The summed E-state index contributed by atoms with van der Waals surface area (Å²) in [5.74, 6) is 1.15. The molecule has 0 aromatic heterocycles. The van der Waals surface area contributed by atoms with E-state index in [0.29, 0.717) is 17.3 Å². The molecule has 2 unspecified atom stereocenters. The molecule has 1 saturated carbocycles. The lowest BCUT2D eigenvalue weighted by molar-refractivity contribution is -0.0152. The van der Waals surface area contributed by atoms with E-state index in [9.17, 15) is 4.79 Å². The Bertz CT molecular complexity index is 383. The molecule has 0 radical (unpaired) electrons. The molecule has 128 valence electrons. The summed E-state index contributed by atoms with van der Waals surface area (Å²) in [7, 11) is 0. The highest BCUT2D eigenvalue weighted by Crippen LogP contribution is 2.47. The molecule has 2 N–H and O–H groups in total. The van der Waals surface area contributed by atoms with Crippen molar-refractivity contribution in [2.45, 2.75) is 71.8 Å². The summed E-state index contributed by atoms with van der Waals surface area (Å²) in [6, 6.07) is 0. The number of likely N-dealkylation sites (tertiary alicyclic amines) is 1. The molecule has 0 bridgehead atoms. The fourth-order valence-corrected chi connectivity index (χ4v) is 4.53. The van der Waals surface area contributed by atoms with Gasteiger partial charge >= 0.3 is 6.09 Å². The van der Waals surface area contributed by atoms with Gasteiger partial charge in [-0.2, -0.15) is 0 Å². The number of nitrogens with two attached hydrogens (primary N) is 1. The van der Waals surface area contributed by atoms with E-state index in [2.05, 4.69) is 6.92 Å². The third kappa shape index (κ3) is 3.95. The highest BCUT2D eigenvalue weighted by molar-refractivity contribution is 5.68. The molecule has 0 spiro atoms. The Labute approximate surface area is 135 Å². The van der Waals surface area contributed by atoms with Gasteiger partial charge in [0.25, 0.3) is 0 Å². The molecule has 0 aromatic rings. The predicted octanol–water partition coefficient (Wildman–Crippen LogP) is 3.79. The van der Waals surface area contributed by atoms with Crippen molar-refractivity contribution in [3.63, 3.8) is 0 Å². The summed E-state index contributed by atoms with van der Waals surface area (Å²) in [5, 5.41) is 0. The number of piperidine rings is 1. The lowest BCUT2D eigenvalue weighted by Crippen LogP contribution is -2.51. The van der Waals surface area contributed by atoms with Crippen molar-refractivity contribution in [3.05, 3.63) is 0 Å². The fraction of sp³-hybridized carbons (Fsp3) is 0.944. The number of ether oxygens (including phenoxy) is 1. The minimum absolute atomic E-state index is 0.164. The predicted molar refractivity (Wildman–Crippen MR) is 89.7 cm³/mol.